The van der Waals surface area contributed by atoms with E-state index in [2.05, 4.69) is 10.1 Å². The Morgan fingerprint density at radius 3 is 2.75 bits per heavy atom. The summed E-state index contributed by atoms with van der Waals surface area (Å²) in [6.07, 6.45) is 1.48. The third-order valence-electron chi connectivity index (χ3n) is 3.74. The summed E-state index contributed by atoms with van der Waals surface area (Å²) in [6, 6.07) is 6.46. The van der Waals surface area contributed by atoms with E-state index in [0.717, 1.165) is 4.68 Å². The van der Waals surface area contributed by atoms with Crippen LogP contribution in [0.15, 0.2) is 34.0 Å². The van der Waals surface area contributed by atoms with Crippen molar-refractivity contribution < 1.29 is 0 Å². The lowest BCUT2D eigenvalue weighted by atomic mass is 10.1. The Hall–Kier alpha value is -2.98. The van der Waals surface area contributed by atoms with E-state index >= 15 is 0 Å². The van der Waals surface area contributed by atoms with E-state index in [1.807, 2.05) is 6.07 Å². The number of hydrogen-bond donors (Lipinski definition) is 0. The molecule has 0 aliphatic heterocycles. The number of aromatic nitrogens is 4. The van der Waals surface area contributed by atoms with Crippen molar-refractivity contribution in [1.29, 1.82) is 5.26 Å². The van der Waals surface area contributed by atoms with Crippen molar-refractivity contribution in [2.24, 2.45) is 0 Å². The highest BCUT2D eigenvalue weighted by Gasteiger charge is 2.13. The Morgan fingerprint density at radius 1 is 1.29 bits per heavy atom. The summed E-state index contributed by atoms with van der Waals surface area (Å²) in [5.74, 6) is 0. The number of fused-ring (bicyclic) bond motifs is 1. The van der Waals surface area contributed by atoms with Crippen LogP contribution in [0.25, 0.3) is 5.65 Å². The summed E-state index contributed by atoms with van der Waals surface area (Å²) in [4.78, 5) is 28.8. The molecule has 0 radical (unpaired) electrons. The van der Waals surface area contributed by atoms with E-state index in [1.54, 1.807) is 26.0 Å². The Labute approximate surface area is 141 Å². The van der Waals surface area contributed by atoms with Gasteiger partial charge < -0.3 is 0 Å². The molecule has 0 unspecified atom stereocenters. The van der Waals surface area contributed by atoms with Crippen LogP contribution < -0.4 is 11.1 Å². The maximum atomic E-state index is 12.3. The molecule has 0 N–H and O–H groups in total. The molecule has 0 aromatic carbocycles. The zero-order chi connectivity index (χ0) is 17.4. The van der Waals surface area contributed by atoms with Gasteiger partial charge in [0, 0.05) is 12.3 Å². The van der Waals surface area contributed by atoms with Crippen LogP contribution in [-0.2, 0) is 6.54 Å². The molecule has 3 aromatic rings. The number of pyridine rings is 1. The maximum absolute atomic E-state index is 12.3. The van der Waals surface area contributed by atoms with Gasteiger partial charge in [0.2, 0.25) is 0 Å². The van der Waals surface area contributed by atoms with Crippen LogP contribution in [0.3, 0.4) is 0 Å². The van der Waals surface area contributed by atoms with Gasteiger partial charge in [0.1, 0.15) is 17.3 Å². The number of halogens is 1. The van der Waals surface area contributed by atoms with Gasteiger partial charge in [-0.15, -0.1) is 0 Å². The first-order valence-corrected chi connectivity index (χ1v) is 7.45. The summed E-state index contributed by atoms with van der Waals surface area (Å²) in [6.45, 7) is 3.40. The van der Waals surface area contributed by atoms with Crippen molar-refractivity contribution in [1.82, 2.24) is 19.2 Å². The number of rotatable bonds is 2. The summed E-state index contributed by atoms with van der Waals surface area (Å²) in [5, 5.41) is 13.8. The van der Waals surface area contributed by atoms with E-state index in [1.165, 1.54) is 16.7 Å². The van der Waals surface area contributed by atoms with Crippen LogP contribution >= 0.6 is 11.6 Å². The van der Waals surface area contributed by atoms with Crippen molar-refractivity contribution in [3.05, 3.63) is 72.6 Å². The van der Waals surface area contributed by atoms with Crippen LogP contribution in [0.2, 0.25) is 5.02 Å². The topological polar surface area (TPSA) is 93.0 Å². The molecule has 0 amide bonds. The van der Waals surface area contributed by atoms with Gasteiger partial charge in [0.25, 0.3) is 11.1 Å². The standard InChI is InChI=1S/C16H12ClN5O2/c1-9-10(2)20-22(16(24)13(9)6-18)8-12-5-15(23)21-7-11(17)3-4-14(21)19-12/h3-5,7H,8H2,1-2H3. The van der Waals surface area contributed by atoms with Crippen molar-refractivity contribution in [3.63, 3.8) is 0 Å². The number of aryl methyl sites for hydroxylation is 1. The maximum Gasteiger partial charge on any atom is 0.285 e. The number of nitriles is 1. The second kappa shape index (κ2) is 5.91. The fraction of sp³-hybridized carbons (Fsp3) is 0.188. The Morgan fingerprint density at radius 2 is 2.04 bits per heavy atom. The van der Waals surface area contributed by atoms with Gasteiger partial charge >= 0.3 is 0 Å². The molecule has 24 heavy (non-hydrogen) atoms. The molecule has 3 rings (SSSR count). The average Bonchev–Trinajstić information content (AvgIpc) is 2.54. The van der Waals surface area contributed by atoms with Gasteiger partial charge in [-0.25, -0.2) is 9.67 Å². The minimum absolute atomic E-state index is 0.00298. The fourth-order valence-electron chi connectivity index (χ4n) is 2.37. The molecule has 0 atom stereocenters. The number of nitrogens with zero attached hydrogens (tertiary/aromatic N) is 5. The highest BCUT2D eigenvalue weighted by Crippen LogP contribution is 2.09. The molecule has 3 heterocycles. The van der Waals surface area contributed by atoms with Gasteiger partial charge in [-0.1, -0.05) is 11.6 Å². The average molecular weight is 342 g/mol. The van der Waals surface area contributed by atoms with E-state index in [9.17, 15) is 9.59 Å². The molecular weight excluding hydrogens is 330 g/mol. The van der Waals surface area contributed by atoms with Crippen LogP contribution in [0.4, 0.5) is 0 Å². The number of hydrogen-bond acceptors (Lipinski definition) is 5. The van der Waals surface area contributed by atoms with Crippen molar-refractivity contribution in [2.45, 2.75) is 20.4 Å². The Kier molecular flexibility index (Phi) is 3.91. The first kappa shape index (κ1) is 15.9. The molecule has 7 nitrogen and oxygen atoms in total. The van der Waals surface area contributed by atoms with Crippen LogP contribution in [0, 0.1) is 25.2 Å². The molecular formula is C16H12ClN5O2. The van der Waals surface area contributed by atoms with E-state index < -0.39 is 5.56 Å². The highest BCUT2D eigenvalue weighted by molar-refractivity contribution is 6.30. The van der Waals surface area contributed by atoms with Crippen LogP contribution in [-0.4, -0.2) is 19.2 Å². The first-order valence-electron chi connectivity index (χ1n) is 7.07. The molecule has 8 heteroatoms. The molecule has 0 spiro atoms. The summed E-state index contributed by atoms with van der Waals surface area (Å²) in [7, 11) is 0. The highest BCUT2D eigenvalue weighted by atomic mass is 35.5. The second-order valence-corrected chi connectivity index (χ2v) is 5.76. The summed E-state index contributed by atoms with van der Waals surface area (Å²) in [5.41, 5.74) is 1.17. The molecule has 0 aliphatic rings. The van der Waals surface area contributed by atoms with Crippen molar-refractivity contribution in [3.8, 4) is 6.07 Å². The second-order valence-electron chi connectivity index (χ2n) is 5.32. The quantitative estimate of drug-likeness (QED) is 0.703. The van der Waals surface area contributed by atoms with Gasteiger partial charge in [-0.05, 0) is 31.5 Å². The molecule has 0 saturated heterocycles. The molecule has 120 valence electrons. The molecule has 0 fully saturated rings. The molecule has 0 saturated carbocycles. The van der Waals surface area contributed by atoms with E-state index in [-0.39, 0.29) is 17.7 Å². The molecule has 0 aliphatic carbocycles. The van der Waals surface area contributed by atoms with E-state index in [4.69, 9.17) is 16.9 Å². The normalized spacial score (nSPS) is 10.8. The predicted molar refractivity (Wildman–Crippen MR) is 88.3 cm³/mol. The summed E-state index contributed by atoms with van der Waals surface area (Å²) < 4.78 is 2.47. The van der Waals surface area contributed by atoms with Gasteiger partial charge in [0.05, 0.1) is 23.0 Å². The zero-order valence-electron chi connectivity index (χ0n) is 12.9. The molecule has 3 aromatic heterocycles. The smallest absolute Gasteiger partial charge is 0.269 e. The van der Waals surface area contributed by atoms with Crippen molar-refractivity contribution in [2.75, 3.05) is 0 Å². The minimum Gasteiger partial charge on any atom is -0.269 e. The lowest BCUT2D eigenvalue weighted by Gasteiger charge is -2.09. The Bertz CT molecular complexity index is 1120. The van der Waals surface area contributed by atoms with Crippen LogP contribution in [0.5, 0.6) is 0 Å². The van der Waals surface area contributed by atoms with Gasteiger partial charge in [-0.2, -0.15) is 10.4 Å². The molecule has 0 bridgehead atoms. The lowest BCUT2D eigenvalue weighted by Crippen LogP contribution is -2.29. The SMILES string of the molecule is Cc1nn(Cc2cc(=O)n3cc(Cl)ccc3n2)c(=O)c(C#N)c1C. The third-order valence-corrected chi connectivity index (χ3v) is 3.96. The Balaban J connectivity index is 2.13. The third kappa shape index (κ3) is 2.68. The monoisotopic (exact) mass is 341 g/mol. The van der Waals surface area contributed by atoms with E-state index in [0.29, 0.717) is 27.6 Å². The summed E-state index contributed by atoms with van der Waals surface area (Å²) >= 11 is 5.87. The largest absolute Gasteiger partial charge is 0.285 e. The first-order chi connectivity index (χ1) is 11.4. The zero-order valence-corrected chi connectivity index (χ0v) is 13.7. The fourth-order valence-corrected chi connectivity index (χ4v) is 2.53. The van der Waals surface area contributed by atoms with Gasteiger partial charge in [0.15, 0.2) is 0 Å². The predicted octanol–water partition coefficient (Wildman–Crippen LogP) is 1.44. The minimum atomic E-state index is -0.501. The lowest BCUT2D eigenvalue weighted by molar-refractivity contribution is 0.612. The van der Waals surface area contributed by atoms with Crippen molar-refractivity contribution >= 4 is 17.2 Å². The van der Waals surface area contributed by atoms with Crippen LogP contribution in [0.1, 0.15) is 22.5 Å². The van der Waals surface area contributed by atoms with Gasteiger partial charge in [-0.3, -0.25) is 14.0 Å².